The molecule has 2 rings (SSSR count). The van der Waals surface area contributed by atoms with Gasteiger partial charge < -0.3 is 14.8 Å². The third kappa shape index (κ3) is 4.17. The summed E-state index contributed by atoms with van der Waals surface area (Å²) < 4.78 is 10.3. The summed E-state index contributed by atoms with van der Waals surface area (Å²) in [6, 6.07) is 5.94. The van der Waals surface area contributed by atoms with Crippen molar-refractivity contribution in [1.29, 1.82) is 0 Å². The number of halogens is 1. The van der Waals surface area contributed by atoms with E-state index in [2.05, 4.69) is 5.32 Å². The predicted molar refractivity (Wildman–Crippen MR) is 103 cm³/mol. The Labute approximate surface area is 167 Å². The van der Waals surface area contributed by atoms with Gasteiger partial charge >= 0.3 is 11.9 Å². The fourth-order valence-corrected chi connectivity index (χ4v) is 3.35. The van der Waals surface area contributed by atoms with Crippen molar-refractivity contribution in [1.82, 2.24) is 5.32 Å². The fourth-order valence-electron chi connectivity index (χ4n) is 3.14. The van der Waals surface area contributed by atoms with Crippen molar-refractivity contribution >= 4 is 29.2 Å². The molecule has 150 valence electrons. The summed E-state index contributed by atoms with van der Waals surface area (Å²) in [5.74, 6) is -2.50. The fraction of sp³-hybridized carbons (Fsp3) is 0.368. The summed E-state index contributed by atoms with van der Waals surface area (Å²) in [6.45, 7) is 5.13. The van der Waals surface area contributed by atoms with Crippen LogP contribution in [-0.4, -0.2) is 36.0 Å². The summed E-state index contributed by atoms with van der Waals surface area (Å²) in [5, 5.41) is 14.5. The number of benzene rings is 1. The molecule has 1 heterocycles. The standard InChI is InChI=1S/C19H21ClN2O6/c1-4-27-18(23)15-11(3)21-13(10-20)17(19(24)28-5-2)16(15)12-8-6-7-9-14(12)22(25)26/h6-9,16,21H,4-5,10H2,1-3H3. The van der Waals surface area contributed by atoms with E-state index in [1.165, 1.54) is 18.2 Å². The quantitative estimate of drug-likeness (QED) is 0.319. The molecule has 8 nitrogen and oxygen atoms in total. The largest absolute Gasteiger partial charge is 0.463 e. The van der Waals surface area contributed by atoms with Crippen LogP contribution in [0.3, 0.4) is 0 Å². The molecule has 1 aromatic rings. The van der Waals surface area contributed by atoms with Crippen molar-refractivity contribution in [3.63, 3.8) is 0 Å². The summed E-state index contributed by atoms with van der Waals surface area (Å²) in [5.41, 5.74) is 0.855. The Kier molecular flexibility index (Phi) is 7.17. The lowest BCUT2D eigenvalue weighted by Gasteiger charge is -2.30. The molecule has 1 aliphatic rings. The third-order valence-electron chi connectivity index (χ3n) is 4.21. The summed E-state index contributed by atoms with van der Waals surface area (Å²) in [7, 11) is 0. The minimum atomic E-state index is -1.05. The number of alkyl halides is 1. The van der Waals surface area contributed by atoms with Crippen LogP contribution in [0.2, 0.25) is 0 Å². The van der Waals surface area contributed by atoms with Gasteiger partial charge in [-0.3, -0.25) is 10.1 Å². The molecule has 1 N–H and O–H groups in total. The van der Waals surface area contributed by atoms with Crippen LogP contribution in [0.4, 0.5) is 5.69 Å². The molecule has 0 saturated carbocycles. The number of rotatable bonds is 7. The highest BCUT2D eigenvalue weighted by molar-refractivity contribution is 6.20. The minimum Gasteiger partial charge on any atom is -0.463 e. The molecular weight excluding hydrogens is 388 g/mol. The van der Waals surface area contributed by atoms with Crippen LogP contribution in [0.25, 0.3) is 0 Å². The topological polar surface area (TPSA) is 108 Å². The first kappa shape index (κ1) is 21.4. The van der Waals surface area contributed by atoms with Crippen LogP contribution in [0.1, 0.15) is 32.3 Å². The molecule has 0 aromatic heterocycles. The Morgan fingerprint density at radius 3 is 2.25 bits per heavy atom. The first-order valence-corrected chi connectivity index (χ1v) is 9.25. The number of hydrogen-bond donors (Lipinski definition) is 1. The number of ether oxygens (including phenoxy) is 2. The molecule has 0 fully saturated rings. The predicted octanol–water partition coefficient (Wildman–Crippen LogP) is 3.17. The number of nitrogens with zero attached hydrogens (tertiary/aromatic N) is 1. The van der Waals surface area contributed by atoms with Crippen molar-refractivity contribution in [3.05, 3.63) is 62.5 Å². The van der Waals surface area contributed by atoms with E-state index in [0.29, 0.717) is 11.4 Å². The first-order chi connectivity index (χ1) is 13.4. The molecule has 0 spiro atoms. The van der Waals surface area contributed by atoms with E-state index >= 15 is 0 Å². The Balaban J connectivity index is 2.80. The van der Waals surface area contributed by atoms with Gasteiger partial charge in [0.1, 0.15) is 0 Å². The number of esters is 2. The number of allylic oxidation sites excluding steroid dienone is 2. The minimum absolute atomic E-state index is 0.0554. The summed E-state index contributed by atoms with van der Waals surface area (Å²) >= 11 is 6.03. The molecule has 1 aromatic carbocycles. The average Bonchev–Trinajstić information content (AvgIpc) is 2.67. The maximum atomic E-state index is 12.7. The van der Waals surface area contributed by atoms with Crippen LogP contribution >= 0.6 is 11.6 Å². The number of carbonyl (C=O) groups is 2. The van der Waals surface area contributed by atoms with Crippen molar-refractivity contribution in [3.8, 4) is 0 Å². The van der Waals surface area contributed by atoms with E-state index in [9.17, 15) is 19.7 Å². The molecule has 1 atom stereocenters. The molecular formula is C19H21ClN2O6. The second kappa shape index (κ2) is 9.36. The maximum absolute atomic E-state index is 12.7. The van der Waals surface area contributed by atoms with Crippen molar-refractivity contribution in [2.24, 2.45) is 0 Å². The lowest BCUT2D eigenvalue weighted by Crippen LogP contribution is -2.34. The van der Waals surface area contributed by atoms with Crippen LogP contribution in [0.15, 0.2) is 46.8 Å². The number of nitro benzene ring substituents is 1. The smallest absolute Gasteiger partial charge is 0.336 e. The number of nitro groups is 1. The zero-order valence-corrected chi connectivity index (χ0v) is 16.5. The molecule has 0 radical (unpaired) electrons. The van der Waals surface area contributed by atoms with Gasteiger partial charge in [-0.25, -0.2) is 9.59 Å². The molecule has 0 bridgehead atoms. The highest BCUT2D eigenvalue weighted by atomic mass is 35.5. The van der Waals surface area contributed by atoms with E-state index < -0.39 is 22.8 Å². The van der Waals surface area contributed by atoms with Gasteiger partial charge in [-0.05, 0) is 20.8 Å². The van der Waals surface area contributed by atoms with Crippen LogP contribution in [0.5, 0.6) is 0 Å². The summed E-state index contributed by atoms with van der Waals surface area (Å²) in [4.78, 5) is 36.5. The highest BCUT2D eigenvalue weighted by Gasteiger charge is 2.41. The van der Waals surface area contributed by atoms with Gasteiger partial charge in [0, 0.05) is 23.0 Å². The van der Waals surface area contributed by atoms with Gasteiger partial charge in [0.15, 0.2) is 0 Å². The molecule has 1 unspecified atom stereocenters. The zero-order chi connectivity index (χ0) is 20.8. The number of hydrogen-bond acceptors (Lipinski definition) is 7. The second-order valence-electron chi connectivity index (χ2n) is 5.88. The van der Waals surface area contributed by atoms with E-state index in [1.807, 2.05) is 0 Å². The number of nitrogens with one attached hydrogen (secondary N) is 1. The average molecular weight is 409 g/mol. The van der Waals surface area contributed by atoms with Gasteiger partial charge in [-0.1, -0.05) is 18.2 Å². The third-order valence-corrected chi connectivity index (χ3v) is 4.48. The molecule has 9 heteroatoms. The monoisotopic (exact) mass is 408 g/mol. The Morgan fingerprint density at radius 2 is 1.71 bits per heavy atom. The Hall–Kier alpha value is -2.87. The van der Waals surface area contributed by atoms with Gasteiger partial charge in [-0.2, -0.15) is 0 Å². The van der Waals surface area contributed by atoms with Crippen molar-refractivity contribution < 1.29 is 24.0 Å². The van der Waals surface area contributed by atoms with Crippen molar-refractivity contribution in [2.45, 2.75) is 26.7 Å². The lowest BCUT2D eigenvalue weighted by molar-refractivity contribution is -0.385. The zero-order valence-electron chi connectivity index (χ0n) is 15.8. The Morgan fingerprint density at radius 1 is 1.14 bits per heavy atom. The highest BCUT2D eigenvalue weighted by Crippen LogP contribution is 2.42. The molecule has 0 saturated heterocycles. The van der Waals surface area contributed by atoms with E-state index in [1.54, 1.807) is 26.8 Å². The molecule has 0 amide bonds. The van der Waals surface area contributed by atoms with Crippen LogP contribution < -0.4 is 5.32 Å². The normalized spacial score (nSPS) is 16.5. The maximum Gasteiger partial charge on any atom is 0.336 e. The Bertz CT molecular complexity index is 862. The number of dihydropyridines is 1. The van der Waals surface area contributed by atoms with E-state index in [-0.39, 0.29) is 41.5 Å². The van der Waals surface area contributed by atoms with E-state index in [4.69, 9.17) is 21.1 Å². The van der Waals surface area contributed by atoms with Gasteiger partial charge in [-0.15, -0.1) is 11.6 Å². The molecule has 28 heavy (non-hydrogen) atoms. The number of para-hydroxylation sites is 1. The first-order valence-electron chi connectivity index (χ1n) is 8.71. The van der Waals surface area contributed by atoms with Gasteiger partial charge in [0.05, 0.1) is 41.1 Å². The SMILES string of the molecule is CCOC(=O)C1=C(C)NC(CCl)=C(C(=O)OCC)C1c1ccccc1[N+](=O)[O-]. The van der Waals surface area contributed by atoms with Crippen molar-refractivity contribution in [2.75, 3.05) is 19.1 Å². The van der Waals surface area contributed by atoms with Gasteiger partial charge in [0.25, 0.3) is 5.69 Å². The number of carbonyl (C=O) groups excluding carboxylic acids is 2. The van der Waals surface area contributed by atoms with Crippen LogP contribution in [-0.2, 0) is 19.1 Å². The lowest BCUT2D eigenvalue weighted by atomic mass is 9.79. The van der Waals surface area contributed by atoms with Crippen LogP contribution in [0, 0.1) is 10.1 Å². The second-order valence-corrected chi connectivity index (χ2v) is 6.15. The van der Waals surface area contributed by atoms with Gasteiger partial charge in [0.2, 0.25) is 0 Å². The van der Waals surface area contributed by atoms with E-state index in [0.717, 1.165) is 0 Å². The molecule has 1 aliphatic heterocycles. The molecule has 0 aliphatic carbocycles. The summed E-state index contributed by atoms with van der Waals surface area (Å²) in [6.07, 6.45) is 0.